The van der Waals surface area contributed by atoms with Crippen LogP contribution in [-0.2, 0) is 9.53 Å². The number of benzene rings is 1. The fourth-order valence-corrected chi connectivity index (χ4v) is 2.74. The number of nitrogens with one attached hydrogen (secondary N) is 1. The first-order valence-corrected chi connectivity index (χ1v) is 8.85. The minimum absolute atomic E-state index is 0.0489. The van der Waals surface area contributed by atoms with Crippen molar-refractivity contribution in [2.75, 3.05) is 13.1 Å². The Morgan fingerprint density at radius 3 is 2.48 bits per heavy atom. The normalized spacial score (nSPS) is 15.6. The minimum atomic E-state index is -0.535. The Labute approximate surface area is 158 Å². The number of likely N-dealkylation sites (tertiary alicyclic amines) is 1. The highest BCUT2D eigenvalue weighted by Gasteiger charge is 2.27. The average Bonchev–Trinajstić information content (AvgIpc) is 2.59. The van der Waals surface area contributed by atoms with Crippen LogP contribution in [0.4, 0.5) is 10.5 Å². The van der Waals surface area contributed by atoms with Crippen LogP contribution in [0.25, 0.3) is 6.08 Å². The van der Waals surface area contributed by atoms with E-state index in [1.165, 1.54) is 18.2 Å². The fraction of sp³-hybridized carbons (Fsp3) is 0.474. The number of carbonyl (C=O) groups excluding carboxylic acids is 2. The summed E-state index contributed by atoms with van der Waals surface area (Å²) in [5.41, 5.74) is -0.211. The number of hydrogen-bond acceptors (Lipinski definition) is 5. The molecule has 0 aromatic heterocycles. The van der Waals surface area contributed by atoms with Crippen molar-refractivity contribution in [3.63, 3.8) is 0 Å². The van der Waals surface area contributed by atoms with Crippen molar-refractivity contribution in [3.8, 4) is 0 Å². The Bertz CT molecular complexity index is 731. The van der Waals surface area contributed by atoms with Crippen LogP contribution in [0.2, 0.25) is 0 Å². The summed E-state index contributed by atoms with van der Waals surface area (Å²) in [6.07, 6.45) is 3.64. The van der Waals surface area contributed by atoms with E-state index in [1.807, 2.05) is 20.8 Å². The molecule has 2 rings (SSSR count). The lowest BCUT2D eigenvalue weighted by Crippen LogP contribution is -2.47. The molecule has 1 heterocycles. The standard InChI is InChI=1S/C19H25N3O5/c1-19(2,3)27-18(24)21-12-10-15(11-13-21)20-17(23)9-8-14-6-4-5-7-16(14)22(25)26/h4-9,15H,10-13H2,1-3H3,(H,20,23)/b9-8+. The Hall–Kier alpha value is -2.90. The third kappa shape index (κ3) is 6.40. The summed E-state index contributed by atoms with van der Waals surface area (Å²) in [7, 11) is 0. The van der Waals surface area contributed by atoms with Crippen molar-refractivity contribution in [1.82, 2.24) is 10.2 Å². The molecular formula is C19H25N3O5. The first-order valence-electron chi connectivity index (χ1n) is 8.85. The van der Waals surface area contributed by atoms with Crippen LogP contribution >= 0.6 is 0 Å². The number of piperidine rings is 1. The van der Waals surface area contributed by atoms with Gasteiger partial charge in [0.2, 0.25) is 5.91 Å². The number of para-hydroxylation sites is 1. The van der Waals surface area contributed by atoms with Crippen LogP contribution in [-0.4, -0.2) is 46.6 Å². The second-order valence-corrected chi connectivity index (χ2v) is 7.40. The first kappa shape index (κ1) is 20.4. The molecule has 0 bridgehead atoms. The van der Waals surface area contributed by atoms with Gasteiger partial charge in [-0.05, 0) is 45.8 Å². The van der Waals surface area contributed by atoms with Crippen LogP contribution in [0, 0.1) is 10.1 Å². The molecule has 0 unspecified atom stereocenters. The van der Waals surface area contributed by atoms with Crippen molar-refractivity contribution in [3.05, 3.63) is 46.0 Å². The second-order valence-electron chi connectivity index (χ2n) is 7.40. The predicted octanol–water partition coefficient (Wildman–Crippen LogP) is 3.12. The summed E-state index contributed by atoms with van der Waals surface area (Å²) in [6.45, 7) is 6.48. The predicted molar refractivity (Wildman–Crippen MR) is 101 cm³/mol. The minimum Gasteiger partial charge on any atom is -0.444 e. The monoisotopic (exact) mass is 375 g/mol. The molecular weight excluding hydrogens is 350 g/mol. The molecule has 1 aromatic rings. The Morgan fingerprint density at radius 2 is 1.89 bits per heavy atom. The SMILES string of the molecule is CC(C)(C)OC(=O)N1CCC(NC(=O)/C=C/c2ccccc2[N+](=O)[O-])CC1. The molecule has 1 saturated heterocycles. The molecule has 0 atom stereocenters. The quantitative estimate of drug-likeness (QED) is 0.495. The summed E-state index contributed by atoms with van der Waals surface area (Å²) in [4.78, 5) is 36.3. The third-order valence-corrected chi connectivity index (χ3v) is 4.04. The van der Waals surface area contributed by atoms with Gasteiger partial charge in [0.15, 0.2) is 0 Å². The highest BCUT2D eigenvalue weighted by Crippen LogP contribution is 2.19. The summed E-state index contributed by atoms with van der Waals surface area (Å²) in [6, 6.07) is 6.18. The number of nitro groups is 1. The number of nitrogens with zero attached hydrogens (tertiary/aromatic N) is 2. The third-order valence-electron chi connectivity index (χ3n) is 4.04. The van der Waals surface area contributed by atoms with Crippen LogP contribution in [0.15, 0.2) is 30.3 Å². The fourth-order valence-electron chi connectivity index (χ4n) is 2.74. The smallest absolute Gasteiger partial charge is 0.410 e. The highest BCUT2D eigenvalue weighted by molar-refractivity contribution is 5.92. The summed E-state index contributed by atoms with van der Waals surface area (Å²) in [5.74, 6) is -0.316. The van der Waals surface area contributed by atoms with Gasteiger partial charge >= 0.3 is 6.09 Å². The lowest BCUT2D eigenvalue weighted by Gasteiger charge is -2.33. The number of nitro benzene ring substituents is 1. The van der Waals surface area contributed by atoms with E-state index in [0.29, 0.717) is 31.5 Å². The topological polar surface area (TPSA) is 102 Å². The van der Waals surface area contributed by atoms with E-state index in [0.717, 1.165) is 0 Å². The van der Waals surface area contributed by atoms with Gasteiger partial charge in [0.25, 0.3) is 5.69 Å². The van der Waals surface area contributed by atoms with Crippen molar-refractivity contribution in [2.45, 2.75) is 45.3 Å². The van der Waals surface area contributed by atoms with Gasteiger partial charge in [-0.15, -0.1) is 0 Å². The van der Waals surface area contributed by atoms with E-state index in [4.69, 9.17) is 4.74 Å². The van der Waals surface area contributed by atoms with Crippen LogP contribution in [0.1, 0.15) is 39.2 Å². The Kier molecular flexibility index (Phi) is 6.55. The van der Waals surface area contributed by atoms with Gasteiger partial charge in [-0.1, -0.05) is 12.1 Å². The lowest BCUT2D eigenvalue weighted by molar-refractivity contribution is -0.385. The maximum absolute atomic E-state index is 12.1. The van der Waals surface area contributed by atoms with Crippen molar-refractivity contribution in [2.24, 2.45) is 0 Å². The molecule has 1 N–H and O–H groups in total. The maximum atomic E-state index is 12.1. The summed E-state index contributed by atoms with van der Waals surface area (Å²) in [5, 5.41) is 13.9. The molecule has 8 heteroatoms. The largest absolute Gasteiger partial charge is 0.444 e. The number of rotatable bonds is 4. The lowest BCUT2D eigenvalue weighted by atomic mass is 10.1. The molecule has 0 radical (unpaired) electrons. The van der Waals surface area contributed by atoms with E-state index in [9.17, 15) is 19.7 Å². The highest BCUT2D eigenvalue weighted by atomic mass is 16.6. The number of ether oxygens (including phenoxy) is 1. The molecule has 8 nitrogen and oxygen atoms in total. The van der Waals surface area contributed by atoms with Gasteiger partial charge < -0.3 is 15.0 Å². The second kappa shape index (κ2) is 8.66. The Morgan fingerprint density at radius 1 is 1.26 bits per heavy atom. The van der Waals surface area contributed by atoms with Crippen LogP contribution < -0.4 is 5.32 Å². The van der Waals surface area contributed by atoms with Gasteiger partial charge in [0, 0.05) is 31.3 Å². The number of amides is 2. The number of hydrogen-bond donors (Lipinski definition) is 1. The number of carbonyl (C=O) groups is 2. The molecule has 1 aromatic carbocycles. The molecule has 0 spiro atoms. The van der Waals surface area contributed by atoms with Crippen molar-refractivity contribution < 1.29 is 19.2 Å². The van der Waals surface area contributed by atoms with E-state index >= 15 is 0 Å². The van der Waals surface area contributed by atoms with Crippen LogP contribution in [0.3, 0.4) is 0 Å². The maximum Gasteiger partial charge on any atom is 0.410 e. The average molecular weight is 375 g/mol. The molecule has 1 aliphatic rings. The van der Waals surface area contributed by atoms with E-state index in [1.54, 1.807) is 23.1 Å². The van der Waals surface area contributed by atoms with Gasteiger partial charge in [-0.2, -0.15) is 0 Å². The zero-order chi connectivity index (χ0) is 20.0. The molecule has 1 fully saturated rings. The molecule has 2 amide bonds. The zero-order valence-electron chi connectivity index (χ0n) is 15.8. The van der Waals surface area contributed by atoms with Gasteiger partial charge in [0.05, 0.1) is 10.5 Å². The van der Waals surface area contributed by atoms with E-state index in [-0.39, 0.29) is 23.7 Å². The molecule has 1 aliphatic heterocycles. The Balaban J connectivity index is 1.84. The van der Waals surface area contributed by atoms with E-state index in [2.05, 4.69) is 5.32 Å². The first-order chi connectivity index (χ1) is 12.7. The summed E-state index contributed by atoms with van der Waals surface area (Å²) >= 11 is 0. The van der Waals surface area contributed by atoms with E-state index < -0.39 is 10.5 Å². The summed E-state index contributed by atoms with van der Waals surface area (Å²) < 4.78 is 5.35. The molecule has 0 saturated carbocycles. The molecule has 27 heavy (non-hydrogen) atoms. The molecule has 0 aliphatic carbocycles. The van der Waals surface area contributed by atoms with Gasteiger partial charge in [-0.25, -0.2) is 4.79 Å². The zero-order valence-corrected chi connectivity index (χ0v) is 15.8. The van der Waals surface area contributed by atoms with Crippen molar-refractivity contribution in [1.29, 1.82) is 0 Å². The molecule has 146 valence electrons. The van der Waals surface area contributed by atoms with Gasteiger partial charge in [0.1, 0.15) is 5.60 Å². The van der Waals surface area contributed by atoms with Crippen LogP contribution in [0.5, 0.6) is 0 Å². The van der Waals surface area contributed by atoms with Crippen molar-refractivity contribution >= 4 is 23.8 Å². The van der Waals surface area contributed by atoms with Gasteiger partial charge in [-0.3, -0.25) is 14.9 Å².